The number of pyridine rings is 1. The van der Waals surface area contributed by atoms with Gasteiger partial charge in [0.15, 0.2) is 0 Å². The molecule has 1 aliphatic heterocycles. The maximum Gasteiger partial charge on any atom is 0.122 e. The molecule has 0 radical (unpaired) electrons. The number of methoxy groups -OCH3 is 1. The third-order valence-corrected chi connectivity index (χ3v) is 3.54. The molecular weight excluding hydrogens is 246 g/mol. The zero-order valence-corrected chi connectivity index (χ0v) is 11.7. The summed E-state index contributed by atoms with van der Waals surface area (Å²) in [5.74, 6) is 0.851. The van der Waals surface area contributed by atoms with Crippen LogP contribution in [0.4, 0.5) is 0 Å². The number of aromatic nitrogens is 1. The number of nitrogens with zero attached hydrogens (tertiary/aromatic N) is 2. The van der Waals surface area contributed by atoms with E-state index in [1.54, 1.807) is 7.11 Å². The molecule has 2 rings (SSSR count). The van der Waals surface area contributed by atoms with Gasteiger partial charge in [0.25, 0.3) is 0 Å². The topological polar surface area (TPSA) is 51.4 Å². The summed E-state index contributed by atoms with van der Waals surface area (Å²) in [6.45, 7) is 3.78. The first-order valence-electron chi connectivity index (χ1n) is 6.15. The highest BCUT2D eigenvalue weighted by atomic mass is 32.1. The molecule has 0 bridgehead atoms. The van der Waals surface area contributed by atoms with Crippen LogP contribution in [-0.2, 0) is 6.54 Å². The lowest BCUT2D eigenvalue weighted by Gasteiger charge is -2.23. The van der Waals surface area contributed by atoms with Crippen LogP contribution in [0.3, 0.4) is 0 Å². The van der Waals surface area contributed by atoms with E-state index < -0.39 is 0 Å². The lowest BCUT2D eigenvalue weighted by molar-refractivity contribution is 0.290. The molecule has 1 aliphatic rings. The number of thiocarbonyl (C=S) groups is 1. The molecule has 98 valence electrons. The van der Waals surface area contributed by atoms with Crippen molar-refractivity contribution in [3.63, 3.8) is 0 Å². The van der Waals surface area contributed by atoms with Gasteiger partial charge in [0.05, 0.1) is 23.8 Å². The third kappa shape index (κ3) is 2.97. The van der Waals surface area contributed by atoms with Crippen LogP contribution in [0.1, 0.15) is 24.2 Å². The van der Waals surface area contributed by atoms with E-state index in [1.807, 2.05) is 19.1 Å². The van der Waals surface area contributed by atoms with Gasteiger partial charge in [0.1, 0.15) is 5.75 Å². The summed E-state index contributed by atoms with van der Waals surface area (Å²) in [4.78, 5) is 7.42. The van der Waals surface area contributed by atoms with Crippen molar-refractivity contribution < 1.29 is 4.74 Å². The van der Waals surface area contributed by atoms with Gasteiger partial charge in [0.2, 0.25) is 0 Å². The minimum absolute atomic E-state index is 0.216. The van der Waals surface area contributed by atoms with E-state index in [4.69, 9.17) is 22.7 Å². The maximum atomic E-state index is 5.77. The van der Waals surface area contributed by atoms with Crippen LogP contribution in [0.25, 0.3) is 0 Å². The maximum absolute atomic E-state index is 5.77. The van der Waals surface area contributed by atoms with E-state index in [0.29, 0.717) is 4.99 Å². The molecule has 2 heterocycles. The molecule has 0 spiro atoms. The minimum atomic E-state index is 0.216. The van der Waals surface area contributed by atoms with Gasteiger partial charge in [0, 0.05) is 24.4 Å². The summed E-state index contributed by atoms with van der Waals surface area (Å²) >= 11 is 5.11. The Kier molecular flexibility index (Phi) is 4.14. The number of nitrogens with two attached hydrogens (primary N) is 1. The Balaban J connectivity index is 2.13. The lowest BCUT2D eigenvalue weighted by Crippen LogP contribution is -2.38. The van der Waals surface area contributed by atoms with Crippen LogP contribution in [0.2, 0.25) is 0 Å². The largest absolute Gasteiger partial charge is 0.497 e. The Morgan fingerprint density at radius 1 is 1.61 bits per heavy atom. The molecule has 1 saturated heterocycles. The highest BCUT2D eigenvalue weighted by Crippen LogP contribution is 2.21. The summed E-state index contributed by atoms with van der Waals surface area (Å²) in [6.07, 6.45) is 2.20. The fourth-order valence-electron chi connectivity index (χ4n) is 2.45. The molecule has 18 heavy (non-hydrogen) atoms. The van der Waals surface area contributed by atoms with Gasteiger partial charge in [-0.1, -0.05) is 12.2 Å². The average Bonchev–Trinajstić information content (AvgIpc) is 2.76. The Morgan fingerprint density at radius 3 is 3.06 bits per heavy atom. The minimum Gasteiger partial charge on any atom is -0.497 e. The van der Waals surface area contributed by atoms with Crippen LogP contribution < -0.4 is 10.5 Å². The van der Waals surface area contributed by atoms with Crippen molar-refractivity contribution in [1.82, 2.24) is 9.88 Å². The van der Waals surface area contributed by atoms with Crippen molar-refractivity contribution in [3.8, 4) is 5.75 Å². The zero-order valence-electron chi connectivity index (χ0n) is 10.8. The number of ether oxygens (including phenoxy) is 1. The molecule has 1 atom stereocenters. The quantitative estimate of drug-likeness (QED) is 0.839. The summed E-state index contributed by atoms with van der Waals surface area (Å²) in [5.41, 5.74) is 7.75. The normalized spacial score (nSPS) is 20.0. The van der Waals surface area contributed by atoms with Gasteiger partial charge in [-0.15, -0.1) is 0 Å². The molecule has 1 aromatic rings. The van der Waals surface area contributed by atoms with Crippen LogP contribution in [0, 0.1) is 6.92 Å². The van der Waals surface area contributed by atoms with Crippen molar-refractivity contribution in [2.45, 2.75) is 32.4 Å². The second-order valence-electron chi connectivity index (χ2n) is 4.67. The van der Waals surface area contributed by atoms with E-state index in [-0.39, 0.29) is 6.04 Å². The Morgan fingerprint density at radius 2 is 2.39 bits per heavy atom. The first-order valence-corrected chi connectivity index (χ1v) is 6.56. The lowest BCUT2D eigenvalue weighted by atomic mass is 10.2. The number of rotatable bonds is 4. The molecule has 5 heteroatoms. The number of likely N-dealkylation sites (tertiary alicyclic amines) is 1. The van der Waals surface area contributed by atoms with Gasteiger partial charge >= 0.3 is 0 Å². The Bertz CT molecular complexity index is 450. The molecule has 1 unspecified atom stereocenters. The van der Waals surface area contributed by atoms with Crippen molar-refractivity contribution in [3.05, 3.63) is 23.5 Å². The smallest absolute Gasteiger partial charge is 0.122 e. The fraction of sp³-hybridized carbons (Fsp3) is 0.538. The third-order valence-electron chi connectivity index (χ3n) is 3.27. The molecule has 4 nitrogen and oxygen atoms in total. The van der Waals surface area contributed by atoms with Crippen LogP contribution >= 0.6 is 12.2 Å². The summed E-state index contributed by atoms with van der Waals surface area (Å²) in [5, 5.41) is 0. The molecular formula is C13H19N3OS. The number of hydrogen-bond donors (Lipinski definition) is 1. The predicted molar refractivity (Wildman–Crippen MR) is 75.7 cm³/mol. The van der Waals surface area contributed by atoms with E-state index >= 15 is 0 Å². The summed E-state index contributed by atoms with van der Waals surface area (Å²) in [7, 11) is 1.67. The summed E-state index contributed by atoms with van der Waals surface area (Å²) < 4.78 is 5.27. The molecule has 2 N–H and O–H groups in total. The predicted octanol–water partition coefficient (Wildman–Crippen LogP) is 1.65. The van der Waals surface area contributed by atoms with Crippen molar-refractivity contribution in [1.29, 1.82) is 0 Å². The summed E-state index contributed by atoms with van der Waals surface area (Å²) in [6, 6.07) is 4.12. The highest BCUT2D eigenvalue weighted by molar-refractivity contribution is 7.80. The highest BCUT2D eigenvalue weighted by Gasteiger charge is 2.26. The average molecular weight is 265 g/mol. The fourth-order valence-corrected chi connectivity index (χ4v) is 2.71. The molecule has 0 aromatic carbocycles. The monoisotopic (exact) mass is 265 g/mol. The van der Waals surface area contributed by atoms with E-state index in [0.717, 1.165) is 43.1 Å². The second-order valence-corrected chi connectivity index (χ2v) is 5.14. The Labute approximate surface area is 113 Å². The van der Waals surface area contributed by atoms with Crippen LogP contribution in [-0.4, -0.2) is 34.6 Å². The van der Waals surface area contributed by atoms with Crippen molar-refractivity contribution in [2.75, 3.05) is 13.7 Å². The SMILES string of the molecule is COc1cc(C)nc(CN2CCCC2C(N)=S)c1. The number of aryl methyl sites for hydroxylation is 1. The van der Waals surface area contributed by atoms with Gasteiger partial charge in [-0.05, 0) is 26.3 Å². The molecule has 1 fully saturated rings. The molecule has 1 aromatic heterocycles. The van der Waals surface area contributed by atoms with Gasteiger partial charge < -0.3 is 10.5 Å². The van der Waals surface area contributed by atoms with E-state index in [1.165, 1.54) is 0 Å². The van der Waals surface area contributed by atoms with Crippen LogP contribution in [0.5, 0.6) is 5.75 Å². The van der Waals surface area contributed by atoms with E-state index in [2.05, 4.69) is 9.88 Å². The molecule has 0 amide bonds. The molecule has 0 saturated carbocycles. The van der Waals surface area contributed by atoms with Crippen LogP contribution in [0.15, 0.2) is 12.1 Å². The number of hydrogen-bond acceptors (Lipinski definition) is 4. The second kappa shape index (κ2) is 5.63. The first kappa shape index (κ1) is 13.2. The first-order chi connectivity index (χ1) is 8.60. The van der Waals surface area contributed by atoms with Crippen molar-refractivity contribution >= 4 is 17.2 Å². The van der Waals surface area contributed by atoms with Gasteiger partial charge in [-0.3, -0.25) is 9.88 Å². The molecule has 0 aliphatic carbocycles. The van der Waals surface area contributed by atoms with Crippen molar-refractivity contribution in [2.24, 2.45) is 5.73 Å². The Hall–Kier alpha value is -1.20. The van der Waals surface area contributed by atoms with E-state index in [9.17, 15) is 0 Å². The van der Waals surface area contributed by atoms with Gasteiger partial charge in [-0.25, -0.2) is 0 Å². The zero-order chi connectivity index (χ0) is 13.1. The van der Waals surface area contributed by atoms with Gasteiger partial charge in [-0.2, -0.15) is 0 Å². The standard InChI is InChI=1S/C13H19N3OS/c1-9-6-11(17-2)7-10(15-9)8-16-5-3-4-12(16)13(14)18/h6-7,12H,3-5,8H2,1-2H3,(H2,14,18).